The number of aromatic amines is 1. The summed E-state index contributed by atoms with van der Waals surface area (Å²) in [6.45, 7) is 1.14. The molecule has 0 saturated heterocycles. The topological polar surface area (TPSA) is 33.6 Å². The molecule has 1 aromatic rings. The van der Waals surface area contributed by atoms with Gasteiger partial charge in [0.2, 0.25) is 0 Å². The average molecular weight is 235 g/mol. The Morgan fingerprint density at radius 3 is 2.62 bits per heavy atom. The Balaban J connectivity index is 1.66. The van der Waals surface area contributed by atoms with Gasteiger partial charge in [-0.05, 0) is 62.1 Å². The zero-order chi connectivity index (χ0) is 10.8. The summed E-state index contributed by atoms with van der Waals surface area (Å²) >= 11 is 5.37. The first-order chi connectivity index (χ1) is 7.78. The maximum absolute atomic E-state index is 5.37. The largest absolute Gasteiger partial charge is 0.303 e. The van der Waals surface area contributed by atoms with Crippen LogP contribution in [0.4, 0.5) is 0 Å². The van der Waals surface area contributed by atoms with Crippen LogP contribution in [0, 0.1) is 16.1 Å². The van der Waals surface area contributed by atoms with Crippen LogP contribution in [-0.4, -0.2) is 14.8 Å². The van der Waals surface area contributed by atoms with Crippen LogP contribution in [0.1, 0.15) is 50.3 Å². The van der Waals surface area contributed by atoms with Gasteiger partial charge in [0.25, 0.3) is 0 Å². The van der Waals surface area contributed by atoms with Gasteiger partial charge in [0.05, 0.1) is 0 Å². The fourth-order valence-corrected chi connectivity index (χ4v) is 3.21. The minimum atomic E-state index is 0.617. The quantitative estimate of drug-likeness (QED) is 0.814. The van der Waals surface area contributed by atoms with Gasteiger partial charge >= 0.3 is 0 Å². The second-order valence-corrected chi connectivity index (χ2v) is 6.27. The van der Waals surface area contributed by atoms with Gasteiger partial charge in [0, 0.05) is 12.5 Å². The van der Waals surface area contributed by atoms with Crippen molar-refractivity contribution in [3.05, 3.63) is 10.6 Å². The molecular formula is C12H17N3S. The molecule has 3 saturated carbocycles. The van der Waals surface area contributed by atoms with Crippen LogP contribution in [0.25, 0.3) is 0 Å². The highest BCUT2D eigenvalue weighted by molar-refractivity contribution is 7.71. The highest BCUT2D eigenvalue weighted by Crippen LogP contribution is 2.62. The van der Waals surface area contributed by atoms with Crippen LogP contribution in [0.15, 0.2) is 0 Å². The van der Waals surface area contributed by atoms with E-state index in [0.29, 0.717) is 11.3 Å². The van der Waals surface area contributed by atoms with Gasteiger partial charge in [0.1, 0.15) is 5.82 Å². The maximum atomic E-state index is 5.37. The monoisotopic (exact) mass is 235 g/mol. The molecule has 0 bridgehead atoms. The Labute approximate surface area is 100 Å². The molecule has 0 unspecified atom stereocenters. The first-order valence-electron chi connectivity index (χ1n) is 6.44. The van der Waals surface area contributed by atoms with Crippen LogP contribution in [0.5, 0.6) is 0 Å². The summed E-state index contributed by atoms with van der Waals surface area (Å²) in [6.07, 6.45) is 8.32. The normalized spacial score (nSPS) is 27.0. The van der Waals surface area contributed by atoms with Crippen LogP contribution in [0.3, 0.4) is 0 Å². The SMILES string of the molecule is S=c1[nH]nc(C2CC2)n1CC1(C2CC2)CC1. The van der Waals surface area contributed by atoms with E-state index < -0.39 is 0 Å². The molecule has 0 aliphatic heterocycles. The third-order valence-corrected chi connectivity index (χ3v) is 4.85. The molecule has 4 heteroatoms. The molecule has 1 aromatic heterocycles. The second-order valence-electron chi connectivity index (χ2n) is 5.88. The summed E-state index contributed by atoms with van der Waals surface area (Å²) in [4.78, 5) is 0. The van der Waals surface area contributed by atoms with E-state index in [0.717, 1.165) is 17.2 Å². The summed E-state index contributed by atoms with van der Waals surface area (Å²) in [7, 11) is 0. The third-order valence-electron chi connectivity index (χ3n) is 4.54. The predicted octanol–water partition coefficient (Wildman–Crippen LogP) is 3.01. The van der Waals surface area contributed by atoms with Gasteiger partial charge in [-0.15, -0.1) is 0 Å². The fourth-order valence-electron chi connectivity index (χ4n) is 3.00. The zero-order valence-electron chi connectivity index (χ0n) is 9.41. The smallest absolute Gasteiger partial charge is 0.195 e. The molecule has 0 spiro atoms. The lowest BCUT2D eigenvalue weighted by molar-refractivity contribution is 0.361. The summed E-state index contributed by atoms with van der Waals surface area (Å²) in [5.74, 6) is 2.93. The predicted molar refractivity (Wildman–Crippen MR) is 63.8 cm³/mol. The lowest BCUT2D eigenvalue weighted by Crippen LogP contribution is -2.16. The molecule has 4 rings (SSSR count). The van der Waals surface area contributed by atoms with Gasteiger partial charge in [0.15, 0.2) is 4.77 Å². The number of aromatic nitrogens is 3. The van der Waals surface area contributed by atoms with Crippen LogP contribution >= 0.6 is 12.2 Å². The number of nitrogens with one attached hydrogen (secondary N) is 1. The third kappa shape index (κ3) is 1.39. The second kappa shape index (κ2) is 2.97. The molecular weight excluding hydrogens is 218 g/mol. The van der Waals surface area contributed by atoms with Crippen molar-refractivity contribution < 1.29 is 0 Å². The highest BCUT2D eigenvalue weighted by atomic mass is 32.1. The minimum Gasteiger partial charge on any atom is -0.303 e. The summed E-state index contributed by atoms with van der Waals surface area (Å²) in [6, 6.07) is 0. The number of hydrogen-bond acceptors (Lipinski definition) is 2. The first-order valence-corrected chi connectivity index (χ1v) is 6.84. The van der Waals surface area contributed by atoms with Crippen LogP contribution in [0.2, 0.25) is 0 Å². The van der Waals surface area contributed by atoms with Crippen molar-refractivity contribution in [1.82, 2.24) is 14.8 Å². The fraction of sp³-hybridized carbons (Fsp3) is 0.833. The van der Waals surface area contributed by atoms with Crippen molar-refractivity contribution in [2.75, 3.05) is 0 Å². The molecule has 0 aromatic carbocycles. The van der Waals surface area contributed by atoms with Gasteiger partial charge < -0.3 is 4.57 Å². The number of hydrogen-bond donors (Lipinski definition) is 1. The van der Waals surface area contributed by atoms with E-state index in [1.165, 1.54) is 44.3 Å². The van der Waals surface area contributed by atoms with Crippen molar-refractivity contribution in [1.29, 1.82) is 0 Å². The lowest BCUT2D eigenvalue weighted by Gasteiger charge is -2.16. The van der Waals surface area contributed by atoms with E-state index in [-0.39, 0.29) is 0 Å². The maximum Gasteiger partial charge on any atom is 0.195 e. The van der Waals surface area contributed by atoms with E-state index in [1.54, 1.807) is 0 Å². The van der Waals surface area contributed by atoms with Gasteiger partial charge in [-0.25, -0.2) is 0 Å². The Hall–Kier alpha value is -0.640. The number of nitrogens with zero attached hydrogens (tertiary/aromatic N) is 2. The molecule has 3 aliphatic carbocycles. The van der Waals surface area contributed by atoms with Crippen molar-refractivity contribution in [2.45, 2.75) is 51.0 Å². The number of rotatable bonds is 4. The van der Waals surface area contributed by atoms with E-state index in [9.17, 15) is 0 Å². The van der Waals surface area contributed by atoms with E-state index in [4.69, 9.17) is 12.2 Å². The Morgan fingerprint density at radius 2 is 2.06 bits per heavy atom. The molecule has 16 heavy (non-hydrogen) atoms. The minimum absolute atomic E-state index is 0.617. The summed E-state index contributed by atoms with van der Waals surface area (Å²) < 4.78 is 3.15. The molecule has 0 radical (unpaired) electrons. The molecule has 3 nitrogen and oxygen atoms in total. The Kier molecular flexibility index (Phi) is 1.75. The Morgan fingerprint density at radius 1 is 1.31 bits per heavy atom. The van der Waals surface area contributed by atoms with Crippen molar-refractivity contribution in [2.24, 2.45) is 11.3 Å². The molecule has 3 aliphatic rings. The summed E-state index contributed by atoms with van der Waals surface area (Å²) in [5.41, 5.74) is 0.617. The number of H-pyrrole nitrogens is 1. The molecule has 1 N–H and O–H groups in total. The van der Waals surface area contributed by atoms with Crippen LogP contribution in [-0.2, 0) is 6.54 Å². The molecule has 1 heterocycles. The van der Waals surface area contributed by atoms with Gasteiger partial charge in [-0.3, -0.25) is 5.10 Å². The average Bonchev–Trinajstić information content (AvgIpc) is 3.10. The molecule has 0 amide bonds. The zero-order valence-corrected chi connectivity index (χ0v) is 10.2. The van der Waals surface area contributed by atoms with Gasteiger partial charge in [-0.1, -0.05) is 0 Å². The van der Waals surface area contributed by atoms with Gasteiger partial charge in [-0.2, -0.15) is 5.10 Å². The van der Waals surface area contributed by atoms with Crippen molar-refractivity contribution in [3.63, 3.8) is 0 Å². The van der Waals surface area contributed by atoms with Crippen LogP contribution < -0.4 is 0 Å². The molecule has 0 atom stereocenters. The lowest BCUT2D eigenvalue weighted by atomic mass is 10.0. The van der Waals surface area contributed by atoms with E-state index >= 15 is 0 Å². The highest BCUT2D eigenvalue weighted by Gasteiger charge is 2.54. The molecule has 3 fully saturated rings. The van der Waals surface area contributed by atoms with E-state index in [2.05, 4.69) is 14.8 Å². The van der Waals surface area contributed by atoms with E-state index in [1.807, 2.05) is 0 Å². The Bertz CT molecular complexity index is 475. The van der Waals surface area contributed by atoms with Crippen molar-refractivity contribution in [3.8, 4) is 0 Å². The standard InChI is InChI=1S/C12H17N3S/c16-11-14-13-10(8-1-2-8)15(11)7-12(5-6-12)9-3-4-9/h8-9H,1-7H2,(H,14,16). The summed E-state index contributed by atoms with van der Waals surface area (Å²) in [5, 5.41) is 7.40. The first kappa shape index (κ1) is 9.40. The molecule has 86 valence electrons. The van der Waals surface area contributed by atoms with Crippen molar-refractivity contribution >= 4 is 12.2 Å².